The zero-order chi connectivity index (χ0) is 27.1. The number of amides is 1. The predicted octanol–water partition coefficient (Wildman–Crippen LogP) is 3.87. The first-order valence-corrected chi connectivity index (χ1v) is 11.5. The number of imidazole rings is 1. The molecule has 1 aliphatic heterocycles. The molecule has 1 saturated heterocycles. The summed E-state index contributed by atoms with van der Waals surface area (Å²) in [5.41, 5.74) is 6.64. The van der Waals surface area contributed by atoms with Crippen LogP contribution in [0.5, 0.6) is 5.75 Å². The molecule has 0 bridgehead atoms. The summed E-state index contributed by atoms with van der Waals surface area (Å²) < 4.78 is 57.5. The van der Waals surface area contributed by atoms with Crippen LogP contribution in [0.1, 0.15) is 11.3 Å². The van der Waals surface area contributed by atoms with E-state index in [1.165, 1.54) is 17.8 Å². The Morgan fingerprint density at radius 1 is 1.18 bits per heavy atom. The van der Waals surface area contributed by atoms with Gasteiger partial charge in [0.25, 0.3) is 0 Å². The number of halogens is 3. The van der Waals surface area contributed by atoms with Gasteiger partial charge in [0, 0.05) is 17.3 Å². The molecule has 0 saturated carbocycles. The molecular formula is C25H23F3N6O4. The summed E-state index contributed by atoms with van der Waals surface area (Å²) in [6.07, 6.45) is -3.94. The number of carbonyl (C=O) groups is 1. The lowest BCUT2D eigenvalue weighted by Crippen LogP contribution is -2.65. The number of hydrogen-bond donors (Lipinski definition) is 2. The highest BCUT2D eigenvalue weighted by Crippen LogP contribution is 2.36. The van der Waals surface area contributed by atoms with E-state index >= 15 is 0 Å². The van der Waals surface area contributed by atoms with Crippen molar-refractivity contribution >= 4 is 17.6 Å². The fourth-order valence-corrected chi connectivity index (χ4v) is 4.11. The Morgan fingerprint density at radius 3 is 2.55 bits per heavy atom. The third-order valence-electron chi connectivity index (χ3n) is 6.12. The summed E-state index contributed by atoms with van der Waals surface area (Å²) in [6, 6.07) is 11.6. The first-order chi connectivity index (χ1) is 18.1. The van der Waals surface area contributed by atoms with Gasteiger partial charge >= 0.3 is 12.3 Å². The number of nitrogens with two attached hydrogens (primary N) is 1. The quantitative estimate of drug-likeness (QED) is 0.386. The van der Waals surface area contributed by atoms with Crippen LogP contribution >= 0.6 is 0 Å². The summed E-state index contributed by atoms with van der Waals surface area (Å²) >= 11 is 0. The van der Waals surface area contributed by atoms with Crippen molar-refractivity contribution < 1.29 is 32.2 Å². The molecule has 0 radical (unpaired) electrons. The second kappa shape index (κ2) is 9.49. The van der Waals surface area contributed by atoms with E-state index in [4.69, 9.17) is 15.2 Å². The van der Waals surface area contributed by atoms with Crippen molar-refractivity contribution in [2.24, 2.45) is 0 Å². The fourth-order valence-electron chi connectivity index (χ4n) is 4.11. The number of rotatable bonds is 6. The van der Waals surface area contributed by atoms with E-state index in [0.717, 1.165) is 11.6 Å². The molecular weight excluding hydrogens is 505 g/mol. The van der Waals surface area contributed by atoms with Crippen LogP contribution in [0, 0.1) is 6.92 Å². The number of methoxy groups -OCH3 is 1. The Bertz CT molecular complexity index is 1500. The number of alkyl halides is 3. The van der Waals surface area contributed by atoms with Crippen LogP contribution in [0.25, 0.3) is 28.2 Å². The number of nitrogen functional groups attached to an aromatic ring is 1. The van der Waals surface area contributed by atoms with Gasteiger partial charge in [-0.25, -0.2) is 19.3 Å². The number of anilines is 1. The van der Waals surface area contributed by atoms with E-state index in [-0.39, 0.29) is 12.2 Å². The maximum Gasteiger partial charge on any atom is 0.419 e. The number of pyridine rings is 1. The second-order valence-corrected chi connectivity index (χ2v) is 8.89. The van der Waals surface area contributed by atoms with Gasteiger partial charge in [-0.1, -0.05) is 0 Å². The minimum absolute atomic E-state index is 0.193. The molecule has 0 unspecified atom stereocenters. The monoisotopic (exact) mass is 528 g/mol. The van der Waals surface area contributed by atoms with E-state index in [1.54, 1.807) is 43.3 Å². The number of nitrogens with one attached hydrogen (secondary N) is 1. The highest BCUT2D eigenvalue weighted by Gasteiger charge is 2.41. The molecule has 1 aromatic carbocycles. The first kappa shape index (κ1) is 25.3. The van der Waals surface area contributed by atoms with Gasteiger partial charge in [0.1, 0.15) is 23.7 Å². The van der Waals surface area contributed by atoms with Gasteiger partial charge in [0.05, 0.1) is 43.0 Å². The second-order valence-electron chi connectivity index (χ2n) is 8.89. The number of aryl methyl sites for hydroxylation is 1. The first-order valence-electron chi connectivity index (χ1n) is 11.5. The SMILES string of the molecule is COC(=O)NC1(COc2ccc(-c3ccc4nc(C)c(-c5cnc(N)c(C(F)(F)F)c5)n4n3)cc2)COC1. The van der Waals surface area contributed by atoms with Crippen molar-refractivity contribution in [3.63, 3.8) is 0 Å². The van der Waals surface area contributed by atoms with E-state index in [0.29, 0.717) is 41.7 Å². The molecule has 4 heterocycles. The molecule has 1 fully saturated rings. The van der Waals surface area contributed by atoms with Crippen LogP contribution in [0.3, 0.4) is 0 Å². The molecule has 3 aromatic heterocycles. The number of ether oxygens (including phenoxy) is 3. The highest BCUT2D eigenvalue weighted by molar-refractivity contribution is 5.70. The fraction of sp³-hybridized carbons (Fsp3) is 0.280. The van der Waals surface area contributed by atoms with Crippen molar-refractivity contribution in [1.29, 1.82) is 0 Å². The number of alkyl carbamates (subject to hydrolysis) is 1. The number of hydrogen-bond acceptors (Lipinski definition) is 8. The van der Waals surface area contributed by atoms with Crippen LogP contribution in [-0.2, 0) is 15.7 Å². The maximum absolute atomic E-state index is 13.4. The smallest absolute Gasteiger partial charge is 0.419 e. The molecule has 5 rings (SSSR count). The van der Waals surface area contributed by atoms with Crippen LogP contribution < -0.4 is 15.8 Å². The van der Waals surface area contributed by atoms with E-state index < -0.39 is 29.2 Å². The van der Waals surface area contributed by atoms with E-state index in [2.05, 4.69) is 25.1 Å². The van der Waals surface area contributed by atoms with E-state index in [1.807, 2.05) is 0 Å². The highest BCUT2D eigenvalue weighted by atomic mass is 19.4. The summed E-state index contributed by atoms with van der Waals surface area (Å²) in [4.78, 5) is 19.8. The van der Waals surface area contributed by atoms with Crippen LogP contribution in [0.15, 0.2) is 48.7 Å². The van der Waals surface area contributed by atoms with Gasteiger partial charge in [-0.2, -0.15) is 18.3 Å². The van der Waals surface area contributed by atoms with Gasteiger partial charge in [-0.05, 0) is 49.4 Å². The van der Waals surface area contributed by atoms with Gasteiger partial charge < -0.3 is 25.3 Å². The predicted molar refractivity (Wildman–Crippen MR) is 130 cm³/mol. The largest absolute Gasteiger partial charge is 0.491 e. The molecule has 1 aliphatic rings. The van der Waals surface area contributed by atoms with Crippen LogP contribution in [0.4, 0.5) is 23.8 Å². The molecule has 0 aliphatic carbocycles. The van der Waals surface area contributed by atoms with E-state index in [9.17, 15) is 18.0 Å². The number of carbonyl (C=O) groups excluding carboxylic acids is 1. The Balaban J connectivity index is 1.40. The Labute approximate surface area is 214 Å². The molecule has 0 spiro atoms. The molecule has 0 atom stereocenters. The summed E-state index contributed by atoms with van der Waals surface area (Å²) in [6.45, 7) is 2.50. The van der Waals surface area contributed by atoms with Crippen LogP contribution in [0.2, 0.25) is 0 Å². The lowest BCUT2D eigenvalue weighted by molar-refractivity contribution is -0.137. The zero-order valence-electron chi connectivity index (χ0n) is 20.4. The minimum atomic E-state index is -4.65. The third-order valence-corrected chi connectivity index (χ3v) is 6.12. The number of fused-ring (bicyclic) bond motifs is 1. The molecule has 10 nitrogen and oxygen atoms in total. The van der Waals surface area contributed by atoms with Crippen molar-refractivity contribution in [1.82, 2.24) is 24.9 Å². The molecule has 1 amide bonds. The van der Waals surface area contributed by atoms with Crippen molar-refractivity contribution in [2.75, 3.05) is 32.7 Å². The molecule has 3 N–H and O–H groups in total. The lowest BCUT2D eigenvalue weighted by Gasteiger charge is -2.40. The number of aromatic nitrogens is 4. The summed E-state index contributed by atoms with van der Waals surface area (Å²) in [5.74, 6) is -0.0277. The minimum Gasteiger partial charge on any atom is -0.491 e. The average Bonchev–Trinajstić information content (AvgIpc) is 3.20. The molecule has 198 valence electrons. The van der Waals surface area contributed by atoms with Crippen molar-refractivity contribution in [3.05, 3.63) is 59.9 Å². The van der Waals surface area contributed by atoms with Crippen molar-refractivity contribution in [3.8, 4) is 28.3 Å². The van der Waals surface area contributed by atoms with Gasteiger partial charge in [-0.3, -0.25) is 0 Å². The Hall–Kier alpha value is -4.39. The standard InChI is InChI=1S/C25H23F3N6O4/c1-14-21(16-9-18(25(26,27)28)22(29)30-10-16)34-20(31-14)8-7-19(33-34)15-3-5-17(6-4-15)38-13-24(11-37-12-24)32-23(35)36-2/h3-10H,11-13H2,1-2H3,(H2,29,30)(H,32,35). The Morgan fingerprint density at radius 2 is 1.92 bits per heavy atom. The van der Waals surface area contributed by atoms with Crippen molar-refractivity contribution in [2.45, 2.75) is 18.6 Å². The summed E-state index contributed by atoms with van der Waals surface area (Å²) in [5, 5.41) is 7.37. The normalized spacial score (nSPS) is 14.7. The summed E-state index contributed by atoms with van der Waals surface area (Å²) in [7, 11) is 1.29. The van der Waals surface area contributed by atoms with Crippen LogP contribution in [-0.4, -0.2) is 58.1 Å². The number of nitrogens with zero attached hydrogens (tertiary/aromatic N) is 4. The van der Waals surface area contributed by atoms with Gasteiger partial charge in [0.15, 0.2) is 5.65 Å². The topological polar surface area (TPSA) is 126 Å². The molecule has 4 aromatic rings. The lowest BCUT2D eigenvalue weighted by atomic mass is 9.99. The number of benzene rings is 1. The third kappa shape index (κ3) is 4.79. The van der Waals surface area contributed by atoms with Gasteiger partial charge in [0.2, 0.25) is 0 Å². The Kier molecular flexibility index (Phi) is 6.31. The molecule has 13 heteroatoms. The van der Waals surface area contributed by atoms with Gasteiger partial charge in [-0.15, -0.1) is 0 Å². The molecule has 38 heavy (non-hydrogen) atoms. The maximum atomic E-state index is 13.4. The zero-order valence-corrected chi connectivity index (χ0v) is 20.4. The average molecular weight is 528 g/mol.